The van der Waals surface area contributed by atoms with Gasteiger partial charge in [-0.2, -0.15) is 0 Å². The second-order valence-electron chi connectivity index (χ2n) is 5.96. The van der Waals surface area contributed by atoms with Crippen LogP contribution in [0.1, 0.15) is 24.8 Å². The summed E-state index contributed by atoms with van der Waals surface area (Å²) < 4.78 is 5.31. The summed E-state index contributed by atoms with van der Waals surface area (Å²) >= 11 is 0. The van der Waals surface area contributed by atoms with Gasteiger partial charge in [0.2, 0.25) is 5.91 Å². The fourth-order valence-electron chi connectivity index (χ4n) is 2.99. The van der Waals surface area contributed by atoms with Gasteiger partial charge >= 0.3 is 0 Å². The largest absolute Gasteiger partial charge is 0.496 e. The van der Waals surface area contributed by atoms with E-state index >= 15 is 0 Å². The maximum absolute atomic E-state index is 12.1. The van der Waals surface area contributed by atoms with Gasteiger partial charge in [0.15, 0.2) is 0 Å². The number of aryl methyl sites for hydroxylation is 1. The Kier molecular flexibility index (Phi) is 5.31. The number of ether oxygens (including phenoxy) is 1. The molecule has 2 aromatic rings. The van der Waals surface area contributed by atoms with E-state index in [-0.39, 0.29) is 5.91 Å². The van der Waals surface area contributed by atoms with Crippen LogP contribution in [-0.2, 0) is 11.2 Å². The van der Waals surface area contributed by atoms with Gasteiger partial charge in [0.05, 0.1) is 19.0 Å². The lowest BCUT2D eigenvalue weighted by atomic mass is 10.1. The molecule has 1 fully saturated rings. The van der Waals surface area contributed by atoms with Gasteiger partial charge in [0, 0.05) is 19.5 Å². The van der Waals surface area contributed by atoms with Gasteiger partial charge in [-0.25, -0.2) is 4.98 Å². The van der Waals surface area contributed by atoms with Crippen molar-refractivity contribution >= 4 is 17.4 Å². The van der Waals surface area contributed by atoms with Crippen molar-refractivity contribution < 1.29 is 9.53 Å². The van der Waals surface area contributed by atoms with Crippen LogP contribution >= 0.6 is 0 Å². The van der Waals surface area contributed by atoms with Gasteiger partial charge in [0.1, 0.15) is 11.6 Å². The monoisotopic (exact) mass is 325 g/mol. The number of aromatic nitrogens is 1. The summed E-state index contributed by atoms with van der Waals surface area (Å²) in [4.78, 5) is 18.8. The van der Waals surface area contributed by atoms with Crippen LogP contribution in [0.2, 0.25) is 0 Å². The molecule has 1 aliphatic rings. The van der Waals surface area contributed by atoms with Gasteiger partial charge in [0.25, 0.3) is 0 Å². The summed E-state index contributed by atoms with van der Waals surface area (Å²) in [5, 5.41) is 2.86. The molecule has 1 N–H and O–H groups in total. The summed E-state index contributed by atoms with van der Waals surface area (Å²) in [6.07, 6.45) is 5.35. The lowest BCUT2D eigenvalue weighted by Gasteiger charge is -2.17. The van der Waals surface area contributed by atoms with E-state index in [1.807, 2.05) is 42.6 Å². The van der Waals surface area contributed by atoms with E-state index in [4.69, 9.17) is 4.74 Å². The number of nitrogens with one attached hydrogen (secondary N) is 1. The third kappa shape index (κ3) is 4.04. The van der Waals surface area contributed by atoms with Crippen molar-refractivity contribution in [3.63, 3.8) is 0 Å². The smallest absolute Gasteiger partial charge is 0.225 e. The van der Waals surface area contributed by atoms with Crippen LogP contribution < -0.4 is 15.0 Å². The number of hydrogen-bond donors (Lipinski definition) is 1. The second-order valence-corrected chi connectivity index (χ2v) is 5.96. The van der Waals surface area contributed by atoms with Crippen molar-refractivity contribution in [1.29, 1.82) is 0 Å². The molecule has 0 saturated carbocycles. The van der Waals surface area contributed by atoms with Gasteiger partial charge in [-0.05, 0) is 43.0 Å². The van der Waals surface area contributed by atoms with Gasteiger partial charge in [-0.15, -0.1) is 0 Å². The van der Waals surface area contributed by atoms with Crippen LogP contribution in [-0.4, -0.2) is 31.1 Å². The third-order valence-electron chi connectivity index (χ3n) is 4.30. The molecule has 0 bridgehead atoms. The maximum atomic E-state index is 12.1. The Morgan fingerprint density at radius 1 is 1.21 bits per heavy atom. The number of hydrogen-bond acceptors (Lipinski definition) is 4. The van der Waals surface area contributed by atoms with Crippen LogP contribution in [0.15, 0.2) is 42.6 Å². The molecule has 1 aromatic carbocycles. The summed E-state index contributed by atoms with van der Waals surface area (Å²) in [5.41, 5.74) is 2.16. The number of methoxy groups -OCH3 is 1. The van der Waals surface area contributed by atoms with E-state index in [1.165, 1.54) is 12.8 Å². The summed E-state index contributed by atoms with van der Waals surface area (Å²) in [6, 6.07) is 11.7. The van der Waals surface area contributed by atoms with Crippen molar-refractivity contribution in [3.05, 3.63) is 48.2 Å². The number of carbonyl (C=O) groups is 1. The topological polar surface area (TPSA) is 54.5 Å². The first-order chi connectivity index (χ1) is 11.8. The average Bonchev–Trinajstić information content (AvgIpc) is 3.15. The molecular formula is C19H23N3O2. The number of carbonyl (C=O) groups excluding carboxylic acids is 1. The minimum atomic E-state index is -0.0395. The molecule has 0 aliphatic carbocycles. The van der Waals surface area contributed by atoms with Gasteiger partial charge in [-0.3, -0.25) is 4.79 Å². The third-order valence-corrected chi connectivity index (χ3v) is 4.30. The van der Waals surface area contributed by atoms with E-state index in [2.05, 4.69) is 15.2 Å². The SMILES string of the molecule is COc1ccccc1CCC(=O)Nc1ccc(N2CCCC2)cn1. The first kappa shape index (κ1) is 16.3. The zero-order valence-corrected chi connectivity index (χ0v) is 14.0. The van der Waals surface area contributed by atoms with Crippen LogP contribution in [0.3, 0.4) is 0 Å². The van der Waals surface area contributed by atoms with Crippen molar-refractivity contribution in [2.24, 2.45) is 0 Å². The Morgan fingerprint density at radius 3 is 2.71 bits per heavy atom. The lowest BCUT2D eigenvalue weighted by molar-refractivity contribution is -0.116. The van der Waals surface area contributed by atoms with Crippen molar-refractivity contribution in [2.75, 3.05) is 30.4 Å². The lowest BCUT2D eigenvalue weighted by Crippen LogP contribution is -2.18. The Hall–Kier alpha value is -2.56. The predicted octanol–water partition coefficient (Wildman–Crippen LogP) is 3.26. The summed E-state index contributed by atoms with van der Waals surface area (Å²) in [7, 11) is 1.64. The highest BCUT2D eigenvalue weighted by molar-refractivity contribution is 5.90. The number of nitrogens with zero attached hydrogens (tertiary/aromatic N) is 2. The number of rotatable bonds is 6. The van der Waals surface area contributed by atoms with Crippen LogP contribution in [0, 0.1) is 0 Å². The van der Waals surface area contributed by atoms with Crippen LogP contribution in [0.4, 0.5) is 11.5 Å². The predicted molar refractivity (Wildman–Crippen MR) is 95.6 cm³/mol. The Bertz CT molecular complexity index is 679. The Morgan fingerprint density at radius 2 is 2.00 bits per heavy atom. The molecule has 1 aromatic heterocycles. The maximum Gasteiger partial charge on any atom is 0.225 e. The fraction of sp³-hybridized carbons (Fsp3) is 0.368. The first-order valence-corrected chi connectivity index (χ1v) is 8.39. The van der Waals surface area contributed by atoms with E-state index < -0.39 is 0 Å². The number of anilines is 2. The molecule has 126 valence electrons. The van der Waals surface area contributed by atoms with E-state index in [0.29, 0.717) is 18.7 Å². The number of benzene rings is 1. The Balaban J connectivity index is 1.53. The molecule has 3 rings (SSSR count). The summed E-state index contributed by atoms with van der Waals surface area (Å²) in [6.45, 7) is 2.18. The Labute approximate surface area is 142 Å². The van der Waals surface area contributed by atoms with Crippen molar-refractivity contribution in [3.8, 4) is 5.75 Å². The van der Waals surface area contributed by atoms with Crippen LogP contribution in [0.25, 0.3) is 0 Å². The highest BCUT2D eigenvalue weighted by atomic mass is 16.5. The van der Waals surface area contributed by atoms with E-state index in [1.54, 1.807) is 7.11 Å². The van der Waals surface area contributed by atoms with E-state index in [0.717, 1.165) is 30.1 Å². The molecule has 2 heterocycles. The molecule has 0 atom stereocenters. The molecule has 5 nitrogen and oxygen atoms in total. The molecule has 0 radical (unpaired) electrons. The second kappa shape index (κ2) is 7.81. The molecular weight excluding hydrogens is 302 g/mol. The normalized spacial score (nSPS) is 13.8. The molecule has 1 aliphatic heterocycles. The molecule has 1 saturated heterocycles. The fourth-order valence-corrected chi connectivity index (χ4v) is 2.99. The van der Waals surface area contributed by atoms with Gasteiger partial charge in [-0.1, -0.05) is 18.2 Å². The van der Waals surface area contributed by atoms with Crippen LogP contribution in [0.5, 0.6) is 5.75 Å². The number of para-hydroxylation sites is 1. The molecule has 24 heavy (non-hydrogen) atoms. The minimum Gasteiger partial charge on any atom is -0.496 e. The zero-order valence-electron chi connectivity index (χ0n) is 14.0. The van der Waals surface area contributed by atoms with Gasteiger partial charge < -0.3 is 15.0 Å². The first-order valence-electron chi connectivity index (χ1n) is 8.39. The molecule has 0 unspecified atom stereocenters. The summed E-state index contributed by atoms with van der Waals surface area (Å²) in [5.74, 6) is 1.38. The van der Waals surface area contributed by atoms with E-state index in [9.17, 15) is 4.79 Å². The molecule has 5 heteroatoms. The number of pyridine rings is 1. The highest BCUT2D eigenvalue weighted by Gasteiger charge is 2.13. The molecule has 1 amide bonds. The zero-order chi connectivity index (χ0) is 16.8. The van der Waals surface area contributed by atoms with Crippen molar-refractivity contribution in [2.45, 2.75) is 25.7 Å². The molecule has 0 spiro atoms. The number of amides is 1. The average molecular weight is 325 g/mol. The quantitative estimate of drug-likeness (QED) is 0.886. The highest BCUT2D eigenvalue weighted by Crippen LogP contribution is 2.21. The standard InChI is InChI=1S/C19H23N3O2/c1-24-17-7-3-2-6-15(17)8-11-19(23)21-18-10-9-16(14-20-18)22-12-4-5-13-22/h2-3,6-7,9-10,14H,4-5,8,11-13H2,1H3,(H,20,21,23). The van der Waals surface area contributed by atoms with Crippen molar-refractivity contribution in [1.82, 2.24) is 4.98 Å². The minimum absolute atomic E-state index is 0.0395.